The minimum atomic E-state index is -1.07. The normalized spacial score (nSPS) is 11.8. The molecule has 7 heteroatoms. The van der Waals surface area contributed by atoms with Crippen molar-refractivity contribution in [2.45, 2.75) is 206 Å². The Morgan fingerprint density at radius 3 is 1.25 bits per heavy atom. The lowest BCUT2D eigenvalue weighted by molar-refractivity contribution is -0.146. The number of ether oxygens (including phenoxy) is 1. The number of hydrogen-bond donors (Lipinski definition) is 2. The summed E-state index contributed by atoms with van der Waals surface area (Å²) in [5.74, 6) is -2.08. The Morgan fingerprint density at radius 1 is 0.500 bits per heavy atom. The van der Waals surface area contributed by atoms with E-state index in [1.807, 2.05) is 0 Å². The molecule has 0 spiro atoms. The first kappa shape index (κ1) is 42.1. The van der Waals surface area contributed by atoms with Crippen LogP contribution in [0.5, 0.6) is 0 Å². The molecule has 258 valence electrons. The number of hydrogen-bond acceptors (Lipinski definition) is 5. The molecular formula is C37H69NO6. The topological polar surface area (TPSA) is 110 Å². The summed E-state index contributed by atoms with van der Waals surface area (Å²) in [6.07, 6.45) is 30.6. The van der Waals surface area contributed by atoms with Gasteiger partial charge in [-0.25, -0.2) is 0 Å². The van der Waals surface area contributed by atoms with Crippen molar-refractivity contribution >= 4 is 23.6 Å². The number of unbranched alkanes of at least 4 members (excludes halogenated alkanes) is 23. The van der Waals surface area contributed by atoms with E-state index in [9.17, 15) is 19.2 Å². The molecule has 0 aromatic heterocycles. The van der Waals surface area contributed by atoms with Crippen LogP contribution >= 0.6 is 0 Å². The minimum absolute atomic E-state index is 0.157. The van der Waals surface area contributed by atoms with Gasteiger partial charge in [-0.05, 0) is 12.8 Å². The van der Waals surface area contributed by atoms with Crippen LogP contribution in [-0.2, 0) is 23.9 Å². The largest absolute Gasteiger partial charge is 0.481 e. The second kappa shape index (κ2) is 32.5. The van der Waals surface area contributed by atoms with Gasteiger partial charge in [-0.15, -0.1) is 0 Å². The van der Waals surface area contributed by atoms with Crippen LogP contribution in [0, 0.1) is 0 Å². The van der Waals surface area contributed by atoms with E-state index in [0.29, 0.717) is 12.8 Å². The predicted octanol–water partition coefficient (Wildman–Crippen LogP) is 10.0. The van der Waals surface area contributed by atoms with Gasteiger partial charge in [-0.3, -0.25) is 19.2 Å². The first-order valence-corrected chi connectivity index (χ1v) is 18.6. The maximum Gasteiger partial charge on any atom is 0.305 e. The van der Waals surface area contributed by atoms with Gasteiger partial charge in [0.1, 0.15) is 12.6 Å². The van der Waals surface area contributed by atoms with Gasteiger partial charge in [-0.1, -0.05) is 162 Å². The molecule has 0 fully saturated rings. The van der Waals surface area contributed by atoms with Crippen molar-refractivity contribution in [3.63, 3.8) is 0 Å². The monoisotopic (exact) mass is 624 g/mol. The van der Waals surface area contributed by atoms with E-state index in [4.69, 9.17) is 9.84 Å². The molecule has 0 bridgehead atoms. The number of Topliss-reactive ketones (excluding diaryl/α,β-unsaturated/α-hetero) is 1. The van der Waals surface area contributed by atoms with Gasteiger partial charge < -0.3 is 15.2 Å². The fraction of sp³-hybridized carbons (Fsp3) is 0.892. The number of carboxylic acid groups (broad SMARTS) is 1. The quantitative estimate of drug-likeness (QED) is 0.0545. The van der Waals surface area contributed by atoms with Crippen LogP contribution in [-0.4, -0.2) is 41.4 Å². The molecule has 0 rings (SSSR count). The Kier molecular flexibility index (Phi) is 31.1. The number of esters is 1. The summed E-state index contributed by atoms with van der Waals surface area (Å²) in [4.78, 5) is 48.3. The molecule has 0 aliphatic rings. The van der Waals surface area contributed by atoms with E-state index in [-0.39, 0.29) is 31.2 Å². The van der Waals surface area contributed by atoms with Gasteiger partial charge in [0.05, 0.1) is 6.42 Å². The predicted molar refractivity (Wildman–Crippen MR) is 181 cm³/mol. The molecule has 0 aromatic carbocycles. The highest BCUT2D eigenvalue weighted by molar-refractivity contribution is 5.90. The fourth-order valence-electron chi connectivity index (χ4n) is 5.55. The lowest BCUT2D eigenvalue weighted by Gasteiger charge is -2.18. The van der Waals surface area contributed by atoms with E-state index < -0.39 is 17.9 Å². The SMILES string of the molecule is CCCCCCCCCCCCCCCC(=O)C(COC(=O)CCCCCCCCCCCCCC)NC(=O)CCC(=O)O. The highest BCUT2D eigenvalue weighted by atomic mass is 16.5. The molecule has 0 aliphatic heterocycles. The highest BCUT2D eigenvalue weighted by Gasteiger charge is 2.22. The second-order valence-electron chi connectivity index (χ2n) is 12.8. The molecule has 2 N–H and O–H groups in total. The average molecular weight is 624 g/mol. The summed E-state index contributed by atoms with van der Waals surface area (Å²) in [5.41, 5.74) is 0. The van der Waals surface area contributed by atoms with Crippen molar-refractivity contribution < 1.29 is 29.0 Å². The zero-order chi connectivity index (χ0) is 32.5. The molecule has 0 aliphatic carbocycles. The maximum absolute atomic E-state index is 12.9. The van der Waals surface area contributed by atoms with Crippen LogP contribution in [0.4, 0.5) is 0 Å². The second-order valence-corrected chi connectivity index (χ2v) is 12.8. The Morgan fingerprint density at radius 2 is 0.864 bits per heavy atom. The number of ketones is 1. The van der Waals surface area contributed by atoms with Crippen molar-refractivity contribution in [3.05, 3.63) is 0 Å². The van der Waals surface area contributed by atoms with E-state index in [2.05, 4.69) is 19.2 Å². The average Bonchev–Trinajstić information content (AvgIpc) is 3.00. The van der Waals surface area contributed by atoms with E-state index >= 15 is 0 Å². The molecule has 44 heavy (non-hydrogen) atoms. The summed E-state index contributed by atoms with van der Waals surface area (Å²) in [6.45, 7) is 4.30. The number of aliphatic carboxylic acids is 1. The molecule has 1 amide bonds. The van der Waals surface area contributed by atoms with Crippen molar-refractivity contribution in [2.75, 3.05) is 6.61 Å². The number of carboxylic acids is 1. The summed E-state index contributed by atoms with van der Waals surface area (Å²) in [7, 11) is 0. The van der Waals surface area contributed by atoms with Gasteiger partial charge >= 0.3 is 11.9 Å². The molecule has 0 aromatic rings. The van der Waals surface area contributed by atoms with Gasteiger partial charge in [0.15, 0.2) is 5.78 Å². The highest BCUT2D eigenvalue weighted by Crippen LogP contribution is 2.15. The summed E-state index contributed by atoms with van der Waals surface area (Å²) in [5, 5.41) is 11.5. The van der Waals surface area contributed by atoms with Crippen molar-refractivity contribution in [1.29, 1.82) is 0 Å². The molecule has 0 heterocycles. The first-order valence-electron chi connectivity index (χ1n) is 18.6. The summed E-state index contributed by atoms with van der Waals surface area (Å²) < 4.78 is 5.38. The number of carbonyl (C=O) groups is 4. The third kappa shape index (κ3) is 30.1. The van der Waals surface area contributed by atoms with Gasteiger partial charge in [0.25, 0.3) is 0 Å². The summed E-state index contributed by atoms with van der Waals surface area (Å²) >= 11 is 0. The maximum atomic E-state index is 12.9. The van der Waals surface area contributed by atoms with Crippen LogP contribution in [0.1, 0.15) is 200 Å². The fourth-order valence-corrected chi connectivity index (χ4v) is 5.55. The van der Waals surface area contributed by atoms with Crippen molar-refractivity contribution in [2.24, 2.45) is 0 Å². The molecule has 1 atom stereocenters. The molecular weight excluding hydrogens is 554 g/mol. The van der Waals surface area contributed by atoms with Crippen LogP contribution < -0.4 is 5.32 Å². The van der Waals surface area contributed by atoms with Crippen LogP contribution in [0.25, 0.3) is 0 Å². The van der Waals surface area contributed by atoms with Crippen molar-refractivity contribution in [1.82, 2.24) is 5.32 Å². The Hall–Kier alpha value is -1.92. The number of amides is 1. The zero-order valence-corrected chi connectivity index (χ0v) is 28.8. The Labute approximate surface area is 270 Å². The minimum Gasteiger partial charge on any atom is -0.481 e. The molecule has 1 unspecified atom stereocenters. The standard InChI is InChI=1S/C37H69NO6/c1-3-5-7-9-11-13-15-17-18-20-22-24-26-28-34(39)33(38-35(40)30-31-36(41)42)32-44-37(43)29-27-25-23-21-19-16-14-12-10-8-6-4-2/h33H,3-32H2,1-2H3,(H,38,40)(H,41,42). The smallest absolute Gasteiger partial charge is 0.305 e. The van der Waals surface area contributed by atoms with Crippen LogP contribution in [0.2, 0.25) is 0 Å². The van der Waals surface area contributed by atoms with Crippen molar-refractivity contribution in [3.8, 4) is 0 Å². The van der Waals surface area contributed by atoms with E-state index in [1.54, 1.807) is 0 Å². The molecule has 0 saturated carbocycles. The third-order valence-electron chi connectivity index (χ3n) is 8.46. The number of rotatable bonds is 34. The Bertz CT molecular complexity index is 710. The van der Waals surface area contributed by atoms with Gasteiger partial charge in [0, 0.05) is 19.3 Å². The van der Waals surface area contributed by atoms with Gasteiger partial charge in [-0.2, -0.15) is 0 Å². The van der Waals surface area contributed by atoms with Crippen LogP contribution in [0.15, 0.2) is 0 Å². The third-order valence-corrected chi connectivity index (χ3v) is 8.46. The lowest BCUT2D eigenvalue weighted by Crippen LogP contribution is -2.44. The Balaban J connectivity index is 4.14. The number of carbonyl (C=O) groups excluding carboxylic acids is 3. The first-order chi connectivity index (χ1) is 21.4. The summed E-state index contributed by atoms with van der Waals surface area (Å²) in [6, 6.07) is -0.917. The van der Waals surface area contributed by atoms with E-state index in [0.717, 1.165) is 38.5 Å². The molecule has 7 nitrogen and oxygen atoms in total. The molecule has 0 saturated heterocycles. The van der Waals surface area contributed by atoms with E-state index in [1.165, 1.54) is 122 Å². The van der Waals surface area contributed by atoms with Gasteiger partial charge in [0.2, 0.25) is 5.91 Å². The zero-order valence-electron chi connectivity index (χ0n) is 28.8. The van der Waals surface area contributed by atoms with Crippen LogP contribution in [0.3, 0.4) is 0 Å². The number of nitrogens with one attached hydrogen (secondary N) is 1. The lowest BCUT2D eigenvalue weighted by atomic mass is 10.0. The molecule has 0 radical (unpaired) electrons.